The minimum Gasteiger partial charge on any atom is -0.355 e. The van der Waals surface area contributed by atoms with Crippen LogP contribution in [0.5, 0.6) is 0 Å². The van der Waals surface area contributed by atoms with Crippen molar-refractivity contribution >= 4 is 17.2 Å². The Hall–Kier alpha value is -1.75. The second-order valence-corrected chi connectivity index (χ2v) is 6.17. The van der Waals surface area contributed by atoms with E-state index in [1.807, 2.05) is 0 Å². The topological polar surface area (TPSA) is 42.0 Å². The number of carbonyl (C=O) groups is 1. The number of nitrogens with zero attached hydrogens (tertiary/aromatic N) is 1. The molecule has 0 bridgehead atoms. The van der Waals surface area contributed by atoms with Gasteiger partial charge in [-0.3, -0.25) is 4.79 Å². The molecule has 112 valence electrons. The van der Waals surface area contributed by atoms with E-state index in [-0.39, 0.29) is 18.1 Å². The van der Waals surface area contributed by atoms with Gasteiger partial charge in [-0.25, -0.2) is 9.37 Å². The molecular formula is C16H19FN2OS. The number of nitrogens with one attached hydrogen (secondary N) is 1. The maximum atomic E-state index is 12.8. The summed E-state index contributed by atoms with van der Waals surface area (Å²) in [4.78, 5) is 16.3. The molecule has 0 aliphatic rings. The summed E-state index contributed by atoms with van der Waals surface area (Å²) >= 11 is 1.63. The molecule has 0 saturated heterocycles. The van der Waals surface area contributed by atoms with Crippen LogP contribution in [0.4, 0.5) is 4.39 Å². The molecule has 1 aromatic carbocycles. The van der Waals surface area contributed by atoms with E-state index in [1.165, 1.54) is 12.1 Å². The van der Waals surface area contributed by atoms with E-state index in [0.717, 1.165) is 22.7 Å². The van der Waals surface area contributed by atoms with Gasteiger partial charge in [0.1, 0.15) is 5.82 Å². The highest BCUT2D eigenvalue weighted by molar-refractivity contribution is 7.09. The van der Waals surface area contributed by atoms with Crippen LogP contribution in [-0.2, 0) is 17.6 Å². The summed E-state index contributed by atoms with van der Waals surface area (Å²) < 4.78 is 12.8. The Labute approximate surface area is 128 Å². The van der Waals surface area contributed by atoms with Gasteiger partial charge >= 0.3 is 0 Å². The first-order valence-corrected chi connectivity index (χ1v) is 7.88. The van der Waals surface area contributed by atoms with Gasteiger partial charge in [0, 0.05) is 18.3 Å². The van der Waals surface area contributed by atoms with Crippen molar-refractivity contribution in [1.29, 1.82) is 0 Å². The van der Waals surface area contributed by atoms with Crippen molar-refractivity contribution in [2.75, 3.05) is 6.54 Å². The molecule has 3 nitrogen and oxygen atoms in total. The monoisotopic (exact) mass is 306 g/mol. The Morgan fingerprint density at radius 2 is 2.05 bits per heavy atom. The molecule has 0 unspecified atom stereocenters. The first-order chi connectivity index (χ1) is 10.0. The number of aromatic nitrogens is 1. The molecule has 2 aromatic rings. The van der Waals surface area contributed by atoms with Crippen molar-refractivity contribution in [3.05, 3.63) is 51.7 Å². The minimum absolute atomic E-state index is 0.0535. The number of rotatable bonds is 6. The summed E-state index contributed by atoms with van der Waals surface area (Å²) in [5, 5.41) is 5.98. The van der Waals surface area contributed by atoms with Gasteiger partial charge in [0.2, 0.25) is 5.91 Å². The molecule has 5 heteroatoms. The third-order valence-electron chi connectivity index (χ3n) is 3.10. The molecule has 0 spiro atoms. The zero-order valence-corrected chi connectivity index (χ0v) is 13.0. The highest BCUT2D eigenvalue weighted by Gasteiger charge is 2.07. The summed E-state index contributed by atoms with van der Waals surface area (Å²) in [5.74, 6) is 0.0919. The predicted octanol–water partition coefficient (Wildman–Crippen LogP) is 3.31. The van der Waals surface area contributed by atoms with Crippen LogP contribution in [0.3, 0.4) is 0 Å². The predicted molar refractivity (Wildman–Crippen MR) is 83.0 cm³/mol. The van der Waals surface area contributed by atoms with Crippen LogP contribution < -0.4 is 5.32 Å². The smallest absolute Gasteiger partial charge is 0.224 e. The van der Waals surface area contributed by atoms with Crippen LogP contribution in [0.25, 0.3) is 0 Å². The number of carbonyl (C=O) groups excluding carboxylic acids is 1. The van der Waals surface area contributed by atoms with Gasteiger partial charge in [0.15, 0.2) is 0 Å². The number of hydrogen-bond acceptors (Lipinski definition) is 3. The number of halogens is 1. The first-order valence-electron chi connectivity index (χ1n) is 7.00. The first kappa shape index (κ1) is 15.6. The van der Waals surface area contributed by atoms with Crippen LogP contribution in [0.15, 0.2) is 29.6 Å². The summed E-state index contributed by atoms with van der Waals surface area (Å²) in [5.41, 5.74) is 1.91. The second kappa shape index (κ2) is 7.31. The molecule has 2 rings (SSSR count). The molecule has 1 amide bonds. The molecule has 0 radical (unpaired) electrons. The van der Waals surface area contributed by atoms with Gasteiger partial charge in [0.05, 0.1) is 17.1 Å². The Bertz CT molecular complexity index is 593. The average molecular weight is 306 g/mol. The van der Waals surface area contributed by atoms with Gasteiger partial charge in [-0.2, -0.15) is 0 Å². The lowest BCUT2D eigenvalue weighted by Gasteiger charge is -2.04. The number of hydrogen-bond donors (Lipinski definition) is 1. The number of thiazole rings is 1. The molecule has 0 aliphatic carbocycles. The highest BCUT2D eigenvalue weighted by atomic mass is 32.1. The molecule has 1 N–H and O–H groups in total. The molecule has 0 atom stereocenters. The van der Waals surface area contributed by atoms with Gasteiger partial charge in [0.25, 0.3) is 0 Å². The van der Waals surface area contributed by atoms with Crippen molar-refractivity contribution in [2.24, 2.45) is 0 Å². The van der Waals surface area contributed by atoms with E-state index in [0.29, 0.717) is 12.5 Å². The van der Waals surface area contributed by atoms with Crippen LogP contribution in [-0.4, -0.2) is 17.4 Å². The summed E-state index contributed by atoms with van der Waals surface area (Å²) in [6.07, 6.45) is 1.02. The Morgan fingerprint density at radius 3 is 2.67 bits per heavy atom. The maximum absolute atomic E-state index is 12.8. The van der Waals surface area contributed by atoms with Gasteiger partial charge in [-0.05, 0) is 23.6 Å². The SMILES string of the molecule is CC(C)c1csc(CCNC(=O)Cc2ccc(F)cc2)n1. The fourth-order valence-electron chi connectivity index (χ4n) is 1.86. The van der Waals surface area contributed by atoms with E-state index >= 15 is 0 Å². The summed E-state index contributed by atoms with van der Waals surface area (Å²) in [6.45, 7) is 4.80. The molecule has 0 saturated carbocycles. The number of benzene rings is 1. The molecule has 0 fully saturated rings. The lowest BCUT2D eigenvalue weighted by atomic mass is 10.1. The van der Waals surface area contributed by atoms with E-state index in [9.17, 15) is 9.18 Å². The standard InChI is InChI=1S/C16H19FN2OS/c1-11(2)14-10-21-16(19-14)7-8-18-15(20)9-12-3-5-13(17)6-4-12/h3-6,10-11H,7-9H2,1-2H3,(H,18,20). The second-order valence-electron chi connectivity index (χ2n) is 5.22. The maximum Gasteiger partial charge on any atom is 0.224 e. The van der Waals surface area contributed by atoms with Gasteiger partial charge < -0.3 is 5.32 Å². The third kappa shape index (κ3) is 4.93. The largest absolute Gasteiger partial charge is 0.355 e. The van der Waals surface area contributed by atoms with Crippen LogP contribution >= 0.6 is 11.3 Å². The van der Waals surface area contributed by atoms with Crippen LogP contribution in [0.1, 0.15) is 36.0 Å². The van der Waals surface area contributed by atoms with Gasteiger partial charge in [-0.1, -0.05) is 26.0 Å². The van der Waals surface area contributed by atoms with Crippen molar-refractivity contribution in [2.45, 2.75) is 32.6 Å². The average Bonchev–Trinajstić information content (AvgIpc) is 2.90. The Kier molecular flexibility index (Phi) is 5.44. The van der Waals surface area contributed by atoms with Crippen molar-refractivity contribution < 1.29 is 9.18 Å². The quantitative estimate of drug-likeness (QED) is 0.889. The fraction of sp³-hybridized carbons (Fsp3) is 0.375. The number of amides is 1. The molecule has 0 aliphatic heterocycles. The van der Waals surface area contributed by atoms with E-state index < -0.39 is 0 Å². The van der Waals surface area contributed by atoms with Crippen molar-refractivity contribution in [1.82, 2.24) is 10.3 Å². The highest BCUT2D eigenvalue weighted by Crippen LogP contribution is 2.17. The lowest BCUT2D eigenvalue weighted by Crippen LogP contribution is -2.27. The molecule has 1 aromatic heterocycles. The van der Waals surface area contributed by atoms with Crippen molar-refractivity contribution in [3.8, 4) is 0 Å². The summed E-state index contributed by atoms with van der Waals surface area (Å²) in [6, 6.07) is 5.99. The van der Waals surface area contributed by atoms with Crippen LogP contribution in [0.2, 0.25) is 0 Å². The molecule has 1 heterocycles. The lowest BCUT2D eigenvalue weighted by molar-refractivity contribution is -0.120. The Morgan fingerprint density at radius 1 is 1.33 bits per heavy atom. The zero-order chi connectivity index (χ0) is 15.2. The van der Waals surface area contributed by atoms with E-state index in [2.05, 4.69) is 29.5 Å². The minimum atomic E-state index is -0.288. The van der Waals surface area contributed by atoms with Gasteiger partial charge in [-0.15, -0.1) is 11.3 Å². The molecule has 21 heavy (non-hydrogen) atoms. The van der Waals surface area contributed by atoms with E-state index in [4.69, 9.17) is 0 Å². The van der Waals surface area contributed by atoms with Crippen LogP contribution in [0, 0.1) is 5.82 Å². The molecular weight excluding hydrogens is 287 g/mol. The third-order valence-corrected chi connectivity index (χ3v) is 4.03. The Balaban J connectivity index is 1.74. The summed E-state index contributed by atoms with van der Waals surface area (Å²) in [7, 11) is 0. The zero-order valence-electron chi connectivity index (χ0n) is 12.2. The fourth-order valence-corrected chi connectivity index (χ4v) is 2.82. The van der Waals surface area contributed by atoms with Crippen molar-refractivity contribution in [3.63, 3.8) is 0 Å². The normalized spacial score (nSPS) is 10.9. The van der Waals surface area contributed by atoms with E-state index in [1.54, 1.807) is 23.5 Å².